The van der Waals surface area contributed by atoms with Crippen molar-refractivity contribution in [3.63, 3.8) is 0 Å². The second-order valence-electron chi connectivity index (χ2n) is 5.14. The van der Waals surface area contributed by atoms with Gasteiger partial charge >= 0.3 is 0 Å². The maximum Gasteiger partial charge on any atom is 0.225 e. The second kappa shape index (κ2) is 6.52. The predicted octanol–water partition coefficient (Wildman–Crippen LogP) is 2.49. The highest BCUT2D eigenvalue weighted by molar-refractivity contribution is 5.90. The molecule has 20 heavy (non-hydrogen) atoms. The van der Waals surface area contributed by atoms with Crippen LogP contribution in [0.25, 0.3) is 10.9 Å². The number of aromatic nitrogens is 2. The maximum absolute atomic E-state index is 9.91. The van der Waals surface area contributed by atoms with E-state index in [-0.39, 0.29) is 5.92 Å². The molecule has 0 aliphatic heterocycles. The van der Waals surface area contributed by atoms with E-state index in [1.54, 1.807) is 0 Å². The molecule has 3 N–H and O–H groups in total. The molecule has 0 spiro atoms. The first-order valence-corrected chi connectivity index (χ1v) is 7.04. The summed E-state index contributed by atoms with van der Waals surface area (Å²) in [7, 11) is 0. The Kier molecular flexibility index (Phi) is 4.74. The number of anilines is 2. The number of hydrogen-bond donors (Lipinski definition) is 3. The molecular weight excluding hydrogens is 252 g/mol. The van der Waals surface area contributed by atoms with Gasteiger partial charge in [-0.15, -0.1) is 0 Å². The van der Waals surface area contributed by atoms with Crippen LogP contribution in [0.3, 0.4) is 0 Å². The zero-order valence-corrected chi connectivity index (χ0v) is 12.2. The van der Waals surface area contributed by atoms with Crippen LogP contribution in [0.2, 0.25) is 0 Å². The maximum atomic E-state index is 9.91. The minimum Gasteiger partial charge on any atom is -0.391 e. The molecule has 0 radical (unpaired) electrons. The van der Waals surface area contributed by atoms with E-state index in [9.17, 15) is 5.11 Å². The molecular formula is C15H22N4O. The molecule has 0 aliphatic rings. The largest absolute Gasteiger partial charge is 0.391 e. The van der Waals surface area contributed by atoms with Crippen molar-refractivity contribution in [2.45, 2.75) is 26.9 Å². The van der Waals surface area contributed by atoms with Gasteiger partial charge < -0.3 is 15.7 Å². The Bertz CT molecular complexity index is 571. The Morgan fingerprint density at radius 2 is 1.90 bits per heavy atom. The van der Waals surface area contributed by atoms with Gasteiger partial charge in [-0.25, -0.2) is 4.98 Å². The third-order valence-electron chi connectivity index (χ3n) is 3.19. The SMILES string of the molecule is CCNc1nc(NCC(O)C(C)C)c2ccccc2n1. The van der Waals surface area contributed by atoms with Gasteiger partial charge in [0.2, 0.25) is 5.95 Å². The molecule has 2 rings (SSSR count). The van der Waals surface area contributed by atoms with Crippen molar-refractivity contribution in [2.24, 2.45) is 5.92 Å². The van der Waals surface area contributed by atoms with Crippen molar-refractivity contribution in [1.29, 1.82) is 0 Å². The van der Waals surface area contributed by atoms with Gasteiger partial charge in [0.25, 0.3) is 0 Å². The van der Waals surface area contributed by atoms with E-state index in [1.165, 1.54) is 0 Å². The number of benzene rings is 1. The number of aliphatic hydroxyl groups is 1. The Morgan fingerprint density at radius 3 is 2.60 bits per heavy atom. The van der Waals surface area contributed by atoms with Crippen LogP contribution in [0, 0.1) is 5.92 Å². The molecule has 5 heteroatoms. The van der Waals surface area contributed by atoms with Crippen molar-refractivity contribution in [1.82, 2.24) is 9.97 Å². The minimum absolute atomic E-state index is 0.212. The summed E-state index contributed by atoms with van der Waals surface area (Å²) in [5.74, 6) is 1.57. The minimum atomic E-state index is -0.397. The summed E-state index contributed by atoms with van der Waals surface area (Å²) in [6.45, 7) is 7.24. The van der Waals surface area contributed by atoms with Gasteiger partial charge in [0.15, 0.2) is 0 Å². The third kappa shape index (κ3) is 3.36. The quantitative estimate of drug-likeness (QED) is 0.755. The van der Waals surface area contributed by atoms with Gasteiger partial charge in [-0.3, -0.25) is 0 Å². The lowest BCUT2D eigenvalue weighted by atomic mass is 10.1. The topological polar surface area (TPSA) is 70.1 Å². The van der Waals surface area contributed by atoms with Crippen molar-refractivity contribution in [3.05, 3.63) is 24.3 Å². The molecule has 1 atom stereocenters. The molecule has 0 aliphatic carbocycles. The Hall–Kier alpha value is -1.88. The van der Waals surface area contributed by atoms with Gasteiger partial charge in [0, 0.05) is 18.5 Å². The zero-order chi connectivity index (χ0) is 14.5. The highest BCUT2D eigenvalue weighted by Crippen LogP contribution is 2.21. The van der Waals surface area contributed by atoms with E-state index < -0.39 is 6.10 Å². The van der Waals surface area contributed by atoms with Crippen molar-refractivity contribution in [3.8, 4) is 0 Å². The molecule has 0 amide bonds. The lowest BCUT2D eigenvalue weighted by molar-refractivity contribution is 0.138. The predicted molar refractivity (Wildman–Crippen MR) is 83.0 cm³/mol. The summed E-state index contributed by atoms with van der Waals surface area (Å²) in [6.07, 6.45) is -0.397. The zero-order valence-electron chi connectivity index (χ0n) is 12.2. The molecule has 108 valence electrons. The van der Waals surface area contributed by atoms with Crippen LogP contribution in [0.15, 0.2) is 24.3 Å². The van der Waals surface area contributed by atoms with Gasteiger partial charge in [0.1, 0.15) is 5.82 Å². The molecule has 1 unspecified atom stereocenters. The third-order valence-corrected chi connectivity index (χ3v) is 3.19. The molecule has 1 aromatic carbocycles. The summed E-state index contributed by atoms with van der Waals surface area (Å²) < 4.78 is 0. The number of fused-ring (bicyclic) bond motifs is 1. The van der Waals surface area contributed by atoms with Crippen LogP contribution in [0.1, 0.15) is 20.8 Å². The van der Waals surface area contributed by atoms with Crippen LogP contribution in [0.5, 0.6) is 0 Å². The molecule has 0 saturated carbocycles. The van der Waals surface area contributed by atoms with Crippen molar-refractivity contribution in [2.75, 3.05) is 23.7 Å². The lowest BCUT2D eigenvalue weighted by Gasteiger charge is -2.17. The number of aliphatic hydroxyl groups excluding tert-OH is 1. The van der Waals surface area contributed by atoms with Crippen LogP contribution in [-0.4, -0.2) is 34.3 Å². The average molecular weight is 274 g/mol. The van der Waals surface area contributed by atoms with Crippen molar-refractivity contribution >= 4 is 22.7 Å². The van der Waals surface area contributed by atoms with Crippen molar-refractivity contribution < 1.29 is 5.11 Å². The van der Waals surface area contributed by atoms with E-state index >= 15 is 0 Å². The smallest absolute Gasteiger partial charge is 0.225 e. The fraction of sp³-hybridized carbons (Fsp3) is 0.467. The van der Waals surface area contributed by atoms with Crippen LogP contribution >= 0.6 is 0 Å². The van der Waals surface area contributed by atoms with Gasteiger partial charge in [-0.1, -0.05) is 26.0 Å². The van der Waals surface area contributed by atoms with Crippen LogP contribution in [-0.2, 0) is 0 Å². The molecule has 1 aromatic heterocycles. The summed E-state index contributed by atoms with van der Waals surface area (Å²) in [4.78, 5) is 8.94. The molecule has 0 fully saturated rings. The summed E-state index contributed by atoms with van der Waals surface area (Å²) >= 11 is 0. The molecule has 0 saturated heterocycles. The Balaban J connectivity index is 2.29. The highest BCUT2D eigenvalue weighted by atomic mass is 16.3. The number of nitrogens with one attached hydrogen (secondary N) is 2. The fourth-order valence-corrected chi connectivity index (χ4v) is 1.89. The summed E-state index contributed by atoms with van der Waals surface area (Å²) in [6, 6.07) is 7.86. The van der Waals surface area contributed by atoms with Gasteiger partial charge in [-0.2, -0.15) is 4.98 Å². The fourth-order valence-electron chi connectivity index (χ4n) is 1.89. The molecule has 5 nitrogen and oxygen atoms in total. The molecule has 0 bridgehead atoms. The second-order valence-corrected chi connectivity index (χ2v) is 5.14. The first-order chi connectivity index (χ1) is 9.61. The number of nitrogens with zero attached hydrogens (tertiary/aromatic N) is 2. The van der Waals surface area contributed by atoms with E-state index in [1.807, 2.05) is 45.0 Å². The number of para-hydroxylation sites is 1. The van der Waals surface area contributed by atoms with Gasteiger partial charge in [-0.05, 0) is 25.0 Å². The summed E-state index contributed by atoms with van der Waals surface area (Å²) in [5.41, 5.74) is 0.889. The van der Waals surface area contributed by atoms with E-state index in [2.05, 4.69) is 20.6 Å². The normalized spacial score (nSPS) is 12.7. The first-order valence-electron chi connectivity index (χ1n) is 7.04. The van der Waals surface area contributed by atoms with E-state index in [0.29, 0.717) is 12.5 Å². The van der Waals surface area contributed by atoms with Crippen LogP contribution < -0.4 is 10.6 Å². The number of rotatable bonds is 6. The molecule has 1 heterocycles. The highest BCUT2D eigenvalue weighted by Gasteiger charge is 2.11. The lowest BCUT2D eigenvalue weighted by Crippen LogP contribution is -2.25. The summed E-state index contributed by atoms with van der Waals surface area (Å²) in [5, 5.41) is 17.2. The standard InChI is InChI=1S/C15H22N4O/c1-4-16-15-18-12-8-6-5-7-11(12)14(19-15)17-9-13(20)10(2)3/h5-8,10,13,20H,4,9H2,1-3H3,(H2,16,17,18,19). The van der Waals surface area contributed by atoms with Gasteiger partial charge in [0.05, 0.1) is 11.6 Å². The van der Waals surface area contributed by atoms with E-state index in [4.69, 9.17) is 0 Å². The number of hydrogen-bond acceptors (Lipinski definition) is 5. The Labute approximate surface area is 119 Å². The average Bonchev–Trinajstić information content (AvgIpc) is 2.44. The van der Waals surface area contributed by atoms with E-state index in [0.717, 1.165) is 23.3 Å². The Morgan fingerprint density at radius 1 is 1.15 bits per heavy atom. The first kappa shape index (κ1) is 14.5. The molecule has 2 aromatic rings. The van der Waals surface area contributed by atoms with Crippen LogP contribution in [0.4, 0.5) is 11.8 Å². The monoisotopic (exact) mass is 274 g/mol.